The van der Waals surface area contributed by atoms with Gasteiger partial charge in [-0.15, -0.1) is 0 Å². The Balaban J connectivity index is 0.686. The highest BCUT2D eigenvalue weighted by Gasteiger charge is 2.24. The molecule has 436 valence electrons. The van der Waals surface area contributed by atoms with Crippen molar-refractivity contribution in [2.45, 2.75) is 0 Å². The summed E-state index contributed by atoms with van der Waals surface area (Å²) in [6.07, 6.45) is 0. The third kappa shape index (κ3) is 8.47. The Bertz CT molecular complexity index is 6160. The first-order valence-electron chi connectivity index (χ1n) is 32.3. The Morgan fingerprint density at radius 2 is 0.564 bits per heavy atom. The molecule has 0 unspecified atom stereocenters. The summed E-state index contributed by atoms with van der Waals surface area (Å²) in [4.78, 5) is 10.6. The van der Waals surface area contributed by atoms with E-state index in [2.05, 4.69) is 349 Å². The molecule has 0 amide bonds. The largest absolute Gasteiger partial charge is 0.292 e. The fourth-order valence-corrected chi connectivity index (χ4v) is 15.3. The summed E-state index contributed by atoms with van der Waals surface area (Å²) in [5.41, 5.74) is 20.3. The number of benzene rings is 17. The molecule has 0 N–H and O–H groups in total. The van der Waals surface area contributed by atoms with Gasteiger partial charge < -0.3 is 0 Å². The molecule has 0 atom stereocenters. The van der Waals surface area contributed by atoms with Crippen molar-refractivity contribution in [3.8, 4) is 89.8 Å². The quantitative estimate of drug-likeness (QED) is 0.107. The minimum Gasteiger partial charge on any atom is -0.292 e. The highest BCUT2D eigenvalue weighted by molar-refractivity contribution is 6.26. The fraction of sp³-hybridized carbons (Fsp3) is 0. The molecule has 0 aliphatic rings. The van der Waals surface area contributed by atoms with Crippen LogP contribution in [0.25, 0.3) is 187 Å². The van der Waals surface area contributed by atoms with Crippen LogP contribution in [0.4, 0.5) is 0 Å². The normalized spacial score (nSPS) is 11.8. The van der Waals surface area contributed by atoms with Crippen LogP contribution in [0.1, 0.15) is 0 Å². The lowest BCUT2D eigenvalue weighted by atomic mass is 9.84. The lowest BCUT2D eigenvalue weighted by Crippen LogP contribution is -1.99. The van der Waals surface area contributed by atoms with Gasteiger partial charge in [-0.2, -0.15) is 0 Å². The molecule has 0 aliphatic heterocycles. The molecule has 0 aliphatic carbocycles. The first-order chi connectivity index (χ1) is 46.6. The maximum Gasteiger partial charge on any atom is 0.146 e. The van der Waals surface area contributed by atoms with E-state index in [4.69, 9.17) is 9.97 Å². The van der Waals surface area contributed by atoms with Gasteiger partial charge in [-0.1, -0.05) is 273 Å². The van der Waals surface area contributed by atoms with E-state index in [9.17, 15) is 0 Å². The molecule has 0 radical (unpaired) electrons. The first-order valence-corrected chi connectivity index (χ1v) is 32.3. The molecule has 0 fully saturated rings. The van der Waals surface area contributed by atoms with E-state index < -0.39 is 0 Å². The topological polar surface area (TPSA) is 35.6 Å². The molecule has 17 aromatic carbocycles. The second-order valence-corrected chi connectivity index (χ2v) is 24.7. The minimum atomic E-state index is 0.894. The molecule has 19 aromatic rings. The van der Waals surface area contributed by atoms with Crippen LogP contribution in [0.2, 0.25) is 0 Å². The van der Waals surface area contributed by atoms with Gasteiger partial charge in [0.05, 0.1) is 22.1 Å². The van der Waals surface area contributed by atoms with E-state index in [0.29, 0.717) is 0 Å². The van der Waals surface area contributed by atoms with Crippen LogP contribution in [0.5, 0.6) is 0 Å². The number of hydrogen-bond acceptors (Lipinski definition) is 2. The molecule has 2 heterocycles. The average Bonchev–Trinajstić information content (AvgIpc) is 0.989. The van der Waals surface area contributed by atoms with Gasteiger partial charge in [-0.05, 0) is 198 Å². The SMILES string of the molecule is c1ccc(-c2nc3ccccc3n2-c2ccc(-c3c4ccccc4c(-c4ccc5cc(-c6ccccc6-c6nc7ccccc7n6-c6ccc(-c7c8ccccc8c(-c8cc9ccccc9c9ccccc89)c8ccccc78)cc6)ccc5c4)c4ccccc34)cc2)cc1. The zero-order valence-electron chi connectivity index (χ0n) is 51.1. The second kappa shape index (κ2) is 21.6. The van der Waals surface area contributed by atoms with Gasteiger partial charge in [0.1, 0.15) is 11.6 Å². The van der Waals surface area contributed by atoms with Gasteiger partial charge in [0.25, 0.3) is 0 Å². The smallest absolute Gasteiger partial charge is 0.146 e. The fourth-order valence-electron chi connectivity index (χ4n) is 15.3. The zero-order valence-corrected chi connectivity index (χ0v) is 51.1. The van der Waals surface area contributed by atoms with E-state index in [1.54, 1.807) is 0 Å². The van der Waals surface area contributed by atoms with E-state index in [1.807, 2.05) is 0 Å². The first kappa shape index (κ1) is 53.3. The van der Waals surface area contributed by atoms with Crippen molar-refractivity contribution in [1.29, 1.82) is 0 Å². The van der Waals surface area contributed by atoms with Crippen molar-refractivity contribution < 1.29 is 0 Å². The van der Waals surface area contributed by atoms with Gasteiger partial charge in [0, 0.05) is 22.5 Å². The number of nitrogens with zero attached hydrogens (tertiary/aromatic N) is 4. The van der Waals surface area contributed by atoms with Gasteiger partial charge in [-0.3, -0.25) is 9.13 Å². The molecule has 94 heavy (non-hydrogen) atoms. The van der Waals surface area contributed by atoms with E-state index >= 15 is 0 Å². The Hall–Kier alpha value is -12.5. The lowest BCUT2D eigenvalue weighted by molar-refractivity contribution is 1.10. The standard InChI is InChI=1S/C90H56N4/c1-2-22-59(23-3-1)89-91-81-38-18-20-40-83(81)93(89)65-50-46-57(47-51-65)85-71-29-9-11-31-73(71)87(74-32-12-10-30-72(74)85)64-45-43-60-54-63(44-42-61(60)55-64)68-26-6-17-37-79(68)90-92-82-39-19-21-41-84(82)94(90)66-52-48-58(49-53-66)86-75-33-13-15-35-77(75)88(78-36-16-14-34-76(78)86)80-56-62-24-4-5-25-67(62)69-27-7-8-28-70(69)80/h1-56H. The Morgan fingerprint density at radius 1 is 0.191 bits per heavy atom. The molecule has 4 heteroatoms. The molecular weight excluding hydrogens is 1140 g/mol. The van der Waals surface area contributed by atoms with Crippen LogP contribution < -0.4 is 0 Å². The van der Waals surface area contributed by atoms with E-state index in [1.165, 1.54) is 114 Å². The molecule has 19 rings (SSSR count). The van der Waals surface area contributed by atoms with Crippen LogP contribution in [0.15, 0.2) is 340 Å². The van der Waals surface area contributed by atoms with Crippen LogP contribution >= 0.6 is 0 Å². The summed E-state index contributed by atoms with van der Waals surface area (Å²) < 4.78 is 4.62. The van der Waals surface area contributed by atoms with E-state index in [-0.39, 0.29) is 0 Å². The Morgan fingerprint density at radius 3 is 1.11 bits per heavy atom. The van der Waals surface area contributed by atoms with Crippen LogP contribution in [0, 0.1) is 0 Å². The molecular formula is C90H56N4. The number of rotatable bonds is 9. The monoisotopic (exact) mass is 1190 g/mol. The number of fused-ring (bicyclic) bond motifs is 10. The summed E-state index contributed by atoms with van der Waals surface area (Å²) in [5, 5.41) is 17.2. The maximum absolute atomic E-state index is 5.47. The summed E-state index contributed by atoms with van der Waals surface area (Å²) in [6, 6.07) is 124. The summed E-state index contributed by atoms with van der Waals surface area (Å²) in [6.45, 7) is 0. The van der Waals surface area contributed by atoms with Crippen LogP contribution in [0.3, 0.4) is 0 Å². The van der Waals surface area contributed by atoms with Gasteiger partial charge in [0.15, 0.2) is 0 Å². The summed E-state index contributed by atoms with van der Waals surface area (Å²) >= 11 is 0. The van der Waals surface area contributed by atoms with Gasteiger partial charge in [-0.25, -0.2) is 9.97 Å². The third-order valence-electron chi connectivity index (χ3n) is 19.5. The number of hydrogen-bond donors (Lipinski definition) is 0. The molecule has 0 bridgehead atoms. The van der Waals surface area contributed by atoms with Crippen molar-refractivity contribution in [1.82, 2.24) is 19.1 Å². The zero-order chi connectivity index (χ0) is 61.8. The highest BCUT2D eigenvalue weighted by atomic mass is 15.1. The number of imidazole rings is 2. The lowest BCUT2D eigenvalue weighted by Gasteiger charge is -2.20. The van der Waals surface area contributed by atoms with Crippen molar-refractivity contribution in [2.75, 3.05) is 0 Å². The molecule has 0 saturated carbocycles. The maximum atomic E-state index is 5.47. The van der Waals surface area contributed by atoms with E-state index in [0.717, 1.165) is 72.9 Å². The average molecular weight is 1190 g/mol. The second-order valence-electron chi connectivity index (χ2n) is 24.7. The molecule has 0 saturated heterocycles. The predicted octanol–water partition coefficient (Wildman–Crippen LogP) is 24.1. The molecule has 4 nitrogen and oxygen atoms in total. The van der Waals surface area contributed by atoms with Crippen LogP contribution in [-0.4, -0.2) is 19.1 Å². The number of aromatic nitrogens is 4. The predicted molar refractivity (Wildman–Crippen MR) is 396 cm³/mol. The van der Waals surface area contributed by atoms with Crippen molar-refractivity contribution >= 4 is 97.5 Å². The summed E-state index contributed by atoms with van der Waals surface area (Å²) in [5.74, 6) is 1.82. The Labute approximate surface area is 542 Å². The summed E-state index contributed by atoms with van der Waals surface area (Å²) in [7, 11) is 0. The van der Waals surface area contributed by atoms with Crippen LogP contribution in [-0.2, 0) is 0 Å². The highest BCUT2D eigenvalue weighted by Crippen LogP contribution is 2.49. The van der Waals surface area contributed by atoms with Gasteiger partial charge in [0.2, 0.25) is 0 Å². The molecule has 2 aromatic heterocycles. The Kier molecular flexibility index (Phi) is 12.3. The molecule has 0 spiro atoms. The van der Waals surface area contributed by atoms with Gasteiger partial charge >= 0.3 is 0 Å². The minimum absolute atomic E-state index is 0.894. The third-order valence-corrected chi connectivity index (χ3v) is 19.5. The van der Waals surface area contributed by atoms with Crippen molar-refractivity contribution in [3.63, 3.8) is 0 Å². The van der Waals surface area contributed by atoms with Crippen molar-refractivity contribution in [2.24, 2.45) is 0 Å². The van der Waals surface area contributed by atoms with Crippen molar-refractivity contribution in [3.05, 3.63) is 340 Å². The number of para-hydroxylation sites is 4.